The van der Waals surface area contributed by atoms with E-state index < -0.39 is 10.0 Å². The van der Waals surface area contributed by atoms with Gasteiger partial charge in [-0.3, -0.25) is 4.72 Å². The summed E-state index contributed by atoms with van der Waals surface area (Å²) in [5, 5.41) is 0. The third kappa shape index (κ3) is 2.99. The fourth-order valence-corrected chi connectivity index (χ4v) is 2.19. The van der Waals surface area contributed by atoms with Gasteiger partial charge in [0.1, 0.15) is 0 Å². The summed E-state index contributed by atoms with van der Waals surface area (Å²) in [5.74, 6) is 0. The summed E-state index contributed by atoms with van der Waals surface area (Å²) in [4.78, 5) is 0. The molecule has 0 aromatic heterocycles. The minimum absolute atomic E-state index is 0.586. The van der Waals surface area contributed by atoms with E-state index in [0.29, 0.717) is 5.69 Å². The molecule has 0 heterocycles. The van der Waals surface area contributed by atoms with Crippen LogP contribution in [0.1, 0.15) is 11.1 Å². The van der Waals surface area contributed by atoms with E-state index in [9.17, 15) is 8.42 Å². The van der Waals surface area contributed by atoms with E-state index in [1.54, 1.807) is 12.1 Å². The molecule has 3 nitrogen and oxygen atoms in total. The first-order chi connectivity index (χ1) is 6.29. The zero-order valence-electron chi connectivity index (χ0n) is 8.26. The molecule has 0 bridgehead atoms. The highest BCUT2D eigenvalue weighted by Crippen LogP contribution is 2.24. The van der Waals surface area contributed by atoms with Gasteiger partial charge in [-0.2, -0.15) is 0 Å². The molecule has 0 aliphatic heterocycles. The third-order valence-electron chi connectivity index (χ3n) is 1.91. The number of sulfonamides is 1. The van der Waals surface area contributed by atoms with Crippen molar-refractivity contribution in [2.75, 3.05) is 11.0 Å². The van der Waals surface area contributed by atoms with Gasteiger partial charge in [-0.15, -0.1) is 0 Å². The molecule has 0 unspecified atom stereocenters. The third-order valence-corrected chi connectivity index (χ3v) is 3.34. The van der Waals surface area contributed by atoms with Crippen molar-refractivity contribution >= 4 is 31.6 Å². The van der Waals surface area contributed by atoms with E-state index in [-0.39, 0.29) is 0 Å². The maximum absolute atomic E-state index is 11.0. The average Bonchev–Trinajstić information content (AvgIpc) is 1.96. The van der Waals surface area contributed by atoms with Gasteiger partial charge < -0.3 is 0 Å². The standard InChI is InChI=1S/C9H12BrNO2S/c1-6-4-8(11-14(3,12)13)5-9(10)7(6)2/h4-5,11H,1-3H3. The van der Waals surface area contributed by atoms with E-state index in [4.69, 9.17) is 0 Å². The summed E-state index contributed by atoms with van der Waals surface area (Å²) in [6.07, 6.45) is 1.14. The number of rotatable bonds is 2. The molecule has 0 amide bonds. The molecule has 0 aliphatic rings. The number of hydrogen-bond donors (Lipinski definition) is 1. The summed E-state index contributed by atoms with van der Waals surface area (Å²) < 4.78 is 25.3. The fraction of sp³-hybridized carbons (Fsp3) is 0.333. The molecule has 0 spiro atoms. The van der Waals surface area contributed by atoms with Crippen molar-refractivity contribution in [2.24, 2.45) is 0 Å². The van der Waals surface area contributed by atoms with Crippen LogP contribution in [0.15, 0.2) is 16.6 Å². The van der Waals surface area contributed by atoms with Crippen LogP contribution in [-0.4, -0.2) is 14.7 Å². The molecule has 78 valence electrons. The quantitative estimate of drug-likeness (QED) is 0.903. The lowest BCUT2D eigenvalue weighted by molar-refractivity contribution is 0.607. The molecule has 1 aromatic carbocycles. The minimum Gasteiger partial charge on any atom is -0.284 e. The van der Waals surface area contributed by atoms with Gasteiger partial charge in [-0.1, -0.05) is 15.9 Å². The van der Waals surface area contributed by atoms with Crippen molar-refractivity contribution in [1.82, 2.24) is 0 Å². The molecule has 5 heteroatoms. The maximum atomic E-state index is 11.0. The lowest BCUT2D eigenvalue weighted by Gasteiger charge is -2.08. The second-order valence-corrected chi connectivity index (χ2v) is 5.88. The SMILES string of the molecule is Cc1cc(NS(C)(=O)=O)cc(Br)c1C. The van der Waals surface area contributed by atoms with Crippen LogP contribution in [0.3, 0.4) is 0 Å². The first kappa shape index (κ1) is 11.5. The van der Waals surface area contributed by atoms with Gasteiger partial charge in [0.05, 0.1) is 6.26 Å². The summed E-state index contributed by atoms with van der Waals surface area (Å²) in [6.45, 7) is 3.91. The van der Waals surface area contributed by atoms with Crippen LogP contribution >= 0.6 is 15.9 Å². The van der Waals surface area contributed by atoms with Gasteiger partial charge in [0, 0.05) is 10.2 Å². The lowest BCUT2D eigenvalue weighted by atomic mass is 10.1. The van der Waals surface area contributed by atoms with E-state index in [0.717, 1.165) is 21.9 Å². The molecule has 0 fully saturated rings. The van der Waals surface area contributed by atoms with Crippen LogP contribution in [0, 0.1) is 13.8 Å². The Kier molecular flexibility index (Phi) is 3.21. The molecule has 0 radical (unpaired) electrons. The van der Waals surface area contributed by atoms with E-state index in [2.05, 4.69) is 20.7 Å². The number of anilines is 1. The number of hydrogen-bond acceptors (Lipinski definition) is 2. The second kappa shape index (κ2) is 3.90. The predicted octanol–water partition coefficient (Wildman–Crippen LogP) is 2.44. The minimum atomic E-state index is -3.19. The second-order valence-electron chi connectivity index (χ2n) is 3.27. The number of halogens is 1. The van der Waals surface area contributed by atoms with Gasteiger partial charge in [-0.05, 0) is 37.1 Å². The lowest BCUT2D eigenvalue weighted by Crippen LogP contribution is -2.09. The molecular formula is C9H12BrNO2S. The number of benzene rings is 1. The first-order valence-electron chi connectivity index (χ1n) is 4.04. The van der Waals surface area contributed by atoms with Crippen LogP contribution in [0.2, 0.25) is 0 Å². The molecule has 0 aliphatic carbocycles. The molecule has 1 rings (SSSR count). The molecule has 0 saturated carbocycles. The Morgan fingerprint density at radius 1 is 1.29 bits per heavy atom. The zero-order chi connectivity index (χ0) is 10.9. The van der Waals surface area contributed by atoms with Crippen molar-refractivity contribution in [3.63, 3.8) is 0 Å². The molecule has 1 aromatic rings. The summed E-state index contributed by atoms with van der Waals surface area (Å²) in [7, 11) is -3.19. The van der Waals surface area contributed by atoms with Crippen LogP contribution < -0.4 is 4.72 Å². The van der Waals surface area contributed by atoms with Crippen LogP contribution in [0.5, 0.6) is 0 Å². The van der Waals surface area contributed by atoms with Gasteiger partial charge in [0.2, 0.25) is 10.0 Å². The molecule has 0 atom stereocenters. The smallest absolute Gasteiger partial charge is 0.229 e. The molecule has 1 N–H and O–H groups in total. The van der Waals surface area contributed by atoms with Gasteiger partial charge in [0.15, 0.2) is 0 Å². The van der Waals surface area contributed by atoms with Crippen molar-refractivity contribution in [1.29, 1.82) is 0 Å². The Morgan fingerprint density at radius 2 is 1.86 bits per heavy atom. The summed E-state index contributed by atoms with van der Waals surface area (Å²) in [5.41, 5.74) is 2.75. The van der Waals surface area contributed by atoms with Crippen molar-refractivity contribution in [2.45, 2.75) is 13.8 Å². The zero-order valence-corrected chi connectivity index (χ0v) is 10.7. The normalized spacial score (nSPS) is 11.4. The van der Waals surface area contributed by atoms with E-state index in [1.807, 2.05) is 13.8 Å². The average molecular weight is 278 g/mol. The van der Waals surface area contributed by atoms with Gasteiger partial charge in [-0.25, -0.2) is 8.42 Å². The summed E-state index contributed by atoms with van der Waals surface area (Å²) >= 11 is 3.37. The Morgan fingerprint density at radius 3 is 2.29 bits per heavy atom. The van der Waals surface area contributed by atoms with Crippen LogP contribution in [0.4, 0.5) is 5.69 Å². The van der Waals surface area contributed by atoms with E-state index >= 15 is 0 Å². The largest absolute Gasteiger partial charge is 0.284 e. The predicted molar refractivity (Wildman–Crippen MR) is 62.1 cm³/mol. The van der Waals surface area contributed by atoms with Crippen molar-refractivity contribution < 1.29 is 8.42 Å². The van der Waals surface area contributed by atoms with E-state index in [1.165, 1.54) is 0 Å². The Hall–Kier alpha value is -0.550. The van der Waals surface area contributed by atoms with Crippen molar-refractivity contribution in [3.05, 3.63) is 27.7 Å². The Balaban J connectivity index is 3.14. The van der Waals surface area contributed by atoms with Gasteiger partial charge in [0.25, 0.3) is 0 Å². The monoisotopic (exact) mass is 277 g/mol. The van der Waals surface area contributed by atoms with Crippen LogP contribution in [-0.2, 0) is 10.0 Å². The number of aryl methyl sites for hydroxylation is 1. The van der Waals surface area contributed by atoms with Gasteiger partial charge >= 0.3 is 0 Å². The van der Waals surface area contributed by atoms with Crippen LogP contribution in [0.25, 0.3) is 0 Å². The molecular weight excluding hydrogens is 266 g/mol. The molecule has 0 saturated heterocycles. The Bertz CT molecular complexity index is 431. The summed E-state index contributed by atoms with van der Waals surface area (Å²) in [6, 6.07) is 3.56. The maximum Gasteiger partial charge on any atom is 0.229 e. The fourth-order valence-electron chi connectivity index (χ4n) is 1.09. The number of nitrogens with one attached hydrogen (secondary N) is 1. The van der Waals surface area contributed by atoms with Crippen molar-refractivity contribution in [3.8, 4) is 0 Å². The Labute approximate surface area is 92.7 Å². The highest BCUT2D eigenvalue weighted by Gasteiger charge is 2.05. The molecule has 14 heavy (non-hydrogen) atoms. The first-order valence-corrected chi connectivity index (χ1v) is 6.72. The topological polar surface area (TPSA) is 46.2 Å². The highest BCUT2D eigenvalue weighted by atomic mass is 79.9. The highest BCUT2D eigenvalue weighted by molar-refractivity contribution is 9.10.